The second-order valence-electron chi connectivity index (χ2n) is 6.33. The molecule has 0 radical (unpaired) electrons. The largest absolute Gasteiger partial charge is 0.369 e. The third-order valence-electron chi connectivity index (χ3n) is 4.06. The van der Waals surface area contributed by atoms with Crippen molar-refractivity contribution in [3.63, 3.8) is 0 Å². The maximum absolute atomic E-state index is 12.1. The van der Waals surface area contributed by atoms with Gasteiger partial charge in [-0.3, -0.25) is 14.5 Å². The zero-order valence-corrected chi connectivity index (χ0v) is 13.3. The number of carbonyl (C=O) groups excluding carboxylic acids is 2. The summed E-state index contributed by atoms with van der Waals surface area (Å²) in [4.78, 5) is 25.0. The molecule has 0 aliphatic carbocycles. The van der Waals surface area contributed by atoms with Crippen LogP contribution < -0.4 is 16.8 Å². The van der Waals surface area contributed by atoms with Gasteiger partial charge in [0.05, 0.1) is 6.54 Å². The molecule has 0 aromatic heterocycles. The number of primary amides is 1. The summed E-state index contributed by atoms with van der Waals surface area (Å²) in [5, 5.41) is 3.12. The highest BCUT2D eigenvalue weighted by molar-refractivity contribution is 5.78. The standard InChI is InChI=1S/C15H30N4O2/c1-11(4-3-5-12(2)16)15(21)18-13-6-8-19(9-7-13)10-14(17)20/h11-13H,3-10,16H2,1-2H3,(H2,17,20)(H,18,21). The lowest BCUT2D eigenvalue weighted by Crippen LogP contribution is -2.47. The highest BCUT2D eigenvalue weighted by atomic mass is 16.2. The van der Waals surface area contributed by atoms with Crippen molar-refractivity contribution < 1.29 is 9.59 Å². The first-order valence-corrected chi connectivity index (χ1v) is 7.95. The monoisotopic (exact) mass is 298 g/mol. The SMILES string of the molecule is CC(N)CCCC(C)C(=O)NC1CCN(CC(N)=O)CC1. The number of likely N-dealkylation sites (tertiary alicyclic amines) is 1. The first-order valence-electron chi connectivity index (χ1n) is 7.95. The van der Waals surface area contributed by atoms with E-state index in [0.29, 0.717) is 6.54 Å². The van der Waals surface area contributed by atoms with Crippen LogP contribution in [-0.2, 0) is 9.59 Å². The maximum atomic E-state index is 12.1. The summed E-state index contributed by atoms with van der Waals surface area (Å²) in [6, 6.07) is 0.423. The van der Waals surface area contributed by atoms with Gasteiger partial charge in [0, 0.05) is 31.1 Å². The Morgan fingerprint density at radius 1 is 1.24 bits per heavy atom. The second kappa shape index (κ2) is 9.00. The Balaban J connectivity index is 2.21. The van der Waals surface area contributed by atoms with E-state index in [1.165, 1.54) is 0 Å². The molecule has 0 spiro atoms. The number of carbonyl (C=O) groups is 2. The predicted octanol–water partition coefficient (Wildman–Crippen LogP) is 0.206. The van der Waals surface area contributed by atoms with Crippen molar-refractivity contribution in [3.8, 4) is 0 Å². The molecule has 1 fully saturated rings. The summed E-state index contributed by atoms with van der Waals surface area (Å²) in [5.74, 6) is -0.124. The van der Waals surface area contributed by atoms with Crippen LogP contribution in [0.4, 0.5) is 0 Å². The van der Waals surface area contributed by atoms with Crippen LogP contribution in [0.3, 0.4) is 0 Å². The number of nitrogens with zero attached hydrogens (tertiary/aromatic N) is 1. The normalized spacial score (nSPS) is 20.0. The zero-order valence-electron chi connectivity index (χ0n) is 13.3. The molecule has 0 bridgehead atoms. The van der Waals surface area contributed by atoms with Crippen LogP contribution in [0.5, 0.6) is 0 Å². The number of hydrogen-bond acceptors (Lipinski definition) is 4. The summed E-state index contributed by atoms with van der Waals surface area (Å²) < 4.78 is 0. The van der Waals surface area contributed by atoms with Crippen molar-refractivity contribution >= 4 is 11.8 Å². The Morgan fingerprint density at radius 3 is 2.38 bits per heavy atom. The molecule has 0 aromatic carbocycles. The van der Waals surface area contributed by atoms with Crippen LogP contribution >= 0.6 is 0 Å². The van der Waals surface area contributed by atoms with Gasteiger partial charge in [-0.1, -0.05) is 13.3 Å². The summed E-state index contributed by atoms with van der Waals surface area (Å²) in [5.41, 5.74) is 10.9. The first-order chi connectivity index (χ1) is 9.88. The zero-order chi connectivity index (χ0) is 15.8. The Kier molecular flexibility index (Phi) is 7.67. The number of piperidine rings is 1. The van der Waals surface area contributed by atoms with Gasteiger partial charge >= 0.3 is 0 Å². The lowest BCUT2D eigenvalue weighted by Gasteiger charge is -2.32. The van der Waals surface area contributed by atoms with E-state index in [2.05, 4.69) is 5.32 Å². The predicted molar refractivity (Wildman–Crippen MR) is 83.5 cm³/mol. The van der Waals surface area contributed by atoms with E-state index in [-0.39, 0.29) is 29.8 Å². The molecular weight excluding hydrogens is 268 g/mol. The molecule has 2 amide bonds. The average Bonchev–Trinajstić information content (AvgIpc) is 2.39. The highest BCUT2D eigenvalue weighted by Crippen LogP contribution is 2.13. The fourth-order valence-corrected chi connectivity index (χ4v) is 2.68. The molecule has 5 N–H and O–H groups in total. The third kappa shape index (κ3) is 7.43. The van der Waals surface area contributed by atoms with Crippen molar-refractivity contribution in [2.75, 3.05) is 19.6 Å². The molecular formula is C15H30N4O2. The van der Waals surface area contributed by atoms with Crippen LogP contribution in [-0.4, -0.2) is 48.4 Å². The molecule has 1 aliphatic heterocycles. The topological polar surface area (TPSA) is 101 Å². The fourth-order valence-electron chi connectivity index (χ4n) is 2.68. The van der Waals surface area contributed by atoms with Crippen LogP contribution in [0.1, 0.15) is 46.0 Å². The van der Waals surface area contributed by atoms with E-state index in [9.17, 15) is 9.59 Å². The summed E-state index contributed by atoms with van der Waals surface area (Å²) in [7, 11) is 0. The Labute approximate surface area is 127 Å². The highest BCUT2D eigenvalue weighted by Gasteiger charge is 2.23. The number of nitrogens with two attached hydrogens (primary N) is 2. The molecule has 1 aliphatic rings. The number of amides is 2. The van der Waals surface area contributed by atoms with E-state index in [1.807, 2.05) is 18.7 Å². The maximum Gasteiger partial charge on any atom is 0.231 e. The molecule has 1 saturated heterocycles. The van der Waals surface area contributed by atoms with Gasteiger partial charge in [0.25, 0.3) is 0 Å². The van der Waals surface area contributed by atoms with Crippen molar-refractivity contribution in [2.24, 2.45) is 17.4 Å². The third-order valence-corrected chi connectivity index (χ3v) is 4.06. The second-order valence-corrected chi connectivity index (χ2v) is 6.33. The van der Waals surface area contributed by atoms with Crippen LogP contribution in [0.25, 0.3) is 0 Å². The minimum absolute atomic E-state index is 0.0346. The number of rotatable bonds is 8. The van der Waals surface area contributed by atoms with Gasteiger partial charge in [-0.25, -0.2) is 0 Å². The van der Waals surface area contributed by atoms with Gasteiger partial charge in [0.15, 0.2) is 0 Å². The van der Waals surface area contributed by atoms with Gasteiger partial charge in [-0.05, 0) is 32.6 Å². The first kappa shape index (κ1) is 17.9. The molecule has 21 heavy (non-hydrogen) atoms. The Morgan fingerprint density at radius 2 is 1.86 bits per heavy atom. The lowest BCUT2D eigenvalue weighted by molar-refractivity contribution is -0.126. The summed E-state index contributed by atoms with van der Waals surface area (Å²) in [6.45, 7) is 5.90. The van der Waals surface area contributed by atoms with Crippen LogP contribution in [0, 0.1) is 5.92 Å². The van der Waals surface area contributed by atoms with Crippen molar-refractivity contribution in [3.05, 3.63) is 0 Å². The Hall–Kier alpha value is -1.14. The molecule has 6 nitrogen and oxygen atoms in total. The average molecular weight is 298 g/mol. The van der Waals surface area contributed by atoms with Crippen molar-refractivity contribution in [1.82, 2.24) is 10.2 Å². The number of hydrogen-bond donors (Lipinski definition) is 3. The van der Waals surface area contributed by atoms with Gasteiger partial charge in [-0.15, -0.1) is 0 Å². The summed E-state index contributed by atoms with van der Waals surface area (Å²) >= 11 is 0. The number of nitrogens with one attached hydrogen (secondary N) is 1. The van der Waals surface area contributed by atoms with Crippen molar-refractivity contribution in [2.45, 2.75) is 58.0 Å². The molecule has 0 saturated carbocycles. The van der Waals surface area contributed by atoms with Gasteiger partial charge in [0.2, 0.25) is 11.8 Å². The molecule has 1 heterocycles. The Bertz CT molecular complexity index is 339. The molecule has 2 atom stereocenters. The molecule has 6 heteroatoms. The van der Waals surface area contributed by atoms with E-state index in [4.69, 9.17) is 11.5 Å². The minimum Gasteiger partial charge on any atom is -0.369 e. The van der Waals surface area contributed by atoms with Gasteiger partial charge in [-0.2, -0.15) is 0 Å². The van der Waals surface area contributed by atoms with E-state index in [1.54, 1.807) is 0 Å². The van der Waals surface area contributed by atoms with E-state index in [0.717, 1.165) is 45.2 Å². The van der Waals surface area contributed by atoms with Crippen molar-refractivity contribution in [1.29, 1.82) is 0 Å². The minimum atomic E-state index is -0.291. The lowest BCUT2D eigenvalue weighted by atomic mass is 9.99. The van der Waals surface area contributed by atoms with E-state index >= 15 is 0 Å². The van der Waals surface area contributed by atoms with Crippen LogP contribution in [0.15, 0.2) is 0 Å². The van der Waals surface area contributed by atoms with Crippen LogP contribution in [0.2, 0.25) is 0 Å². The fraction of sp³-hybridized carbons (Fsp3) is 0.867. The molecule has 122 valence electrons. The summed E-state index contributed by atoms with van der Waals surface area (Å²) in [6.07, 6.45) is 4.59. The van der Waals surface area contributed by atoms with Gasteiger partial charge in [0.1, 0.15) is 0 Å². The smallest absolute Gasteiger partial charge is 0.231 e. The molecule has 0 aromatic rings. The van der Waals surface area contributed by atoms with E-state index < -0.39 is 0 Å². The molecule has 1 rings (SSSR count). The quantitative estimate of drug-likeness (QED) is 0.596. The van der Waals surface area contributed by atoms with Gasteiger partial charge < -0.3 is 16.8 Å². The molecule has 2 unspecified atom stereocenters.